The third-order valence-electron chi connectivity index (χ3n) is 4.77. The summed E-state index contributed by atoms with van der Waals surface area (Å²) in [6, 6.07) is 15.4. The molecule has 0 saturated carbocycles. The Bertz CT molecular complexity index is 1010. The van der Waals surface area contributed by atoms with Gasteiger partial charge in [-0.25, -0.2) is 4.39 Å². The van der Waals surface area contributed by atoms with E-state index in [0.29, 0.717) is 30.3 Å². The van der Waals surface area contributed by atoms with Crippen LogP contribution in [-0.2, 0) is 16.0 Å². The zero-order chi connectivity index (χ0) is 20.8. The molecule has 0 unspecified atom stereocenters. The van der Waals surface area contributed by atoms with E-state index in [4.69, 9.17) is 4.74 Å². The Morgan fingerprint density at radius 1 is 1.07 bits per heavy atom. The average molecular weight is 407 g/mol. The second-order valence-electron chi connectivity index (χ2n) is 6.92. The van der Waals surface area contributed by atoms with Gasteiger partial charge in [0.05, 0.1) is 31.5 Å². The number of rotatable bonds is 6. The lowest BCUT2D eigenvalue weighted by atomic mass is 10.1. The molecular formula is C22H22FN5O2. The number of benzene rings is 2. The summed E-state index contributed by atoms with van der Waals surface area (Å²) < 4.78 is 19.1. The number of ether oxygens (including phenoxy) is 1. The molecule has 1 aliphatic rings. The summed E-state index contributed by atoms with van der Waals surface area (Å²) in [5, 5.41) is 14.2. The first-order valence-electron chi connectivity index (χ1n) is 9.73. The number of hydrogen-bond acceptors (Lipinski definition) is 6. The van der Waals surface area contributed by atoms with Crippen LogP contribution in [0.1, 0.15) is 5.56 Å². The molecule has 0 radical (unpaired) electrons. The molecule has 3 aromatic rings. The molecule has 0 spiro atoms. The minimum atomic E-state index is -0.382. The maximum absolute atomic E-state index is 13.7. The molecule has 7 nitrogen and oxygen atoms in total. The number of halogens is 1. The average Bonchev–Trinajstić information content (AvgIpc) is 2.78. The van der Waals surface area contributed by atoms with E-state index in [2.05, 4.69) is 25.7 Å². The SMILES string of the molecule is O=C(Cc1ccccc1F)Nc1ccc(Nc2cc(N3CCOCC3)cnn2)cc1. The van der Waals surface area contributed by atoms with Crippen molar-refractivity contribution in [1.82, 2.24) is 10.2 Å². The van der Waals surface area contributed by atoms with Gasteiger partial charge in [0.1, 0.15) is 5.82 Å². The smallest absolute Gasteiger partial charge is 0.228 e. The lowest BCUT2D eigenvalue weighted by molar-refractivity contribution is -0.115. The van der Waals surface area contributed by atoms with E-state index in [0.717, 1.165) is 24.5 Å². The first-order valence-corrected chi connectivity index (χ1v) is 9.73. The van der Waals surface area contributed by atoms with Crippen LogP contribution in [0.5, 0.6) is 0 Å². The molecule has 2 N–H and O–H groups in total. The van der Waals surface area contributed by atoms with Crippen LogP contribution >= 0.6 is 0 Å². The molecule has 0 aliphatic carbocycles. The molecule has 1 amide bonds. The van der Waals surface area contributed by atoms with E-state index in [1.807, 2.05) is 18.2 Å². The van der Waals surface area contributed by atoms with E-state index in [9.17, 15) is 9.18 Å². The Morgan fingerprint density at radius 3 is 2.57 bits per heavy atom. The molecule has 4 rings (SSSR count). The van der Waals surface area contributed by atoms with Crippen LogP contribution in [0.2, 0.25) is 0 Å². The maximum Gasteiger partial charge on any atom is 0.228 e. The third-order valence-corrected chi connectivity index (χ3v) is 4.77. The van der Waals surface area contributed by atoms with Gasteiger partial charge in [0.25, 0.3) is 0 Å². The molecular weight excluding hydrogens is 385 g/mol. The largest absolute Gasteiger partial charge is 0.378 e. The van der Waals surface area contributed by atoms with Gasteiger partial charge in [0.15, 0.2) is 5.82 Å². The predicted molar refractivity (Wildman–Crippen MR) is 114 cm³/mol. The highest BCUT2D eigenvalue weighted by molar-refractivity contribution is 5.92. The highest BCUT2D eigenvalue weighted by atomic mass is 19.1. The van der Waals surface area contributed by atoms with Crippen molar-refractivity contribution in [1.29, 1.82) is 0 Å². The number of amides is 1. The monoisotopic (exact) mass is 407 g/mol. The van der Waals surface area contributed by atoms with Crippen molar-refractivity contribution in [3.05, 3.63) is 72.2 Å². The van der Waals surface area contributed by atoms with Crippen molar-refractivity contribution < 1.29 is 13.9 Å². The zero-order valence-electron chi connectivity index (χ0n) is 16.3. The fourth-order valence-electron chi connectivity index (χ4n) is 3.22. The lowest BCUT2D eigenvalue weighted by Gasteiger charge is -2.28. The van der Waals surface area contributed by atoms with Gasteiger partial charge < -0.3 is 20.3 Å². The van der Waals surface area contributed by atoms with Gasteiger partial charge in [-0.15, -0.1) is 5.10 Å². The number of carbonyl (C=O) groups excluding carboxylic acids is 1. The van der Waals surface area contributed by atoms with Crippen molar-refractivity contribution in [2.24, 2.45) is 0 Å². The first-order chi connectivity index (χ1) is 14.7. The molecule has 2 aromatic carbocycles. The molecule has 8 heteroatoms. The van der Waals surface area contributed by atoms with Gasteiger partial charge >= 0.3 is 0 Å². The summed E-state index contributed by atoms with van der Waals surface area (Å²) in [5.41, 5.74) is 2.81. The van der Waals surface area contributed by atoms with E-state index >= 15 is 0 Å². The number of nitrogens with zero attached hydrogens (tertiary/aromatic N) is 3. The minimum absolute atomic E-state index is 0.0173. The molecule has 30 heavy (non-hydrogen) atoms. The van der Waals surface area contributed by atoms with E-state index < -0.39 is 0 Å². The molecule has 1 saturated heterocycles. The van der Waals surface area contributed by atoms with Gasteiger partial charge in [0.2, 0.25) is 5.91 Å². The van der Waals surface area contributed by atoms with Gasteiger partial charge in [-0.1, -0.05) is 18.2 Å². The van der Waals surface area contributed by atoms with Crippen LogP contribution in [0.25, 0.3) is 0 Å². The molecule has 1 fully saturated rings. The number of carbonyl (C=O) groups is 1. The van der Waals surface area contributed by atoms with E-state index in [1.165, 1.54) is 6.07 Å². The summed E-state index contributed by atoms with van der Waals surface area (Å²) in [4.78, 5) is 14.4. The van der Waals surface area contributed by atoms with E-state index in [1.54, 1.807) is 36.5 Å². The minimum Gasteiger partial charge on any atom is -0.378 e. The summed E-state index contributed by atoms with van der Waals surface area (Å²) >= 11 is 0. The van der Waals surface area contributed by atoms with Gasteiger partial charge in [-0.2, -0.15) is 5.10 Å². The predicted octanol–water partition coefficient (Wildman–Crippen LogP) is 3.38. The number of hydrogen-bond donors (Lipinski definition) is 2. The van der Waals surface area contributed by atoms with Crippen LogP contribution in [0.15, 0.2) is 60.8 Å². The van der Waals surface area contributed by atoms with Crippen molar-refractivity contribution in [3.63, 3.8) is 0 Å². The quantitative estimate of drug-likeness (QED) is 0.652. The number of anilines is 4. The lowest BCUT2D eigenvalue weighted by Crippen LogP contribution is -2.36. The van der Waals surface area contributed by atoms with Gasteiger partial charge in [-0.05, 0) is 35.9 Å². The Balaban J connectivity index is 1.36. The third kappa shape index (κ3) is 5.09. The Hall–Kier alpha value is -3.52. The van der Waals surface area contributed by atoms with Crippen molar-refractivity contribution in [2.75, 3.05) is 41.8 Å². The van der Waals surface area contributed by atoms with Gasteiger partial charge in [-0.3, -0.25) is 4.79 Å². The van der Waals surface area contributed by atoms with Crippen LogP contribution in [0, 0.1) is 5.82 Å². The molecule has 154 valence electrons. The van der Waals surface area contributed by atoms with Gasteiger partial charge in [0, 0.05) is 30.5 Å². The van der Waals surface area contributed by atoms with Crippen molar-refractivity contribution in [3.8, 4) is 0 Å². The number of morpholine rings is 1. The van der Waals surface area contributed by atoms with Crippen LogP contribution in [-0.4, -0.2) is 42.4 Å². The second-order valence-corrected chi connectivity index (χ2v) is 6.92. The molecule has 0 atom stereocenters. The number of nitrogens with one attached hydrogen (secondary N) is 2. The normalized spacial score (nSPS) is 13.7. The van der Waals surface area contributed by atoms with Crippen LogP contribution in [0.3, 0.4) is 0 Å². The Morgan fingerprint density at radius 2 is 1.80 bits per heavy atom. The highest BCUT2D eigenvalue weighted by Crippen LogP contribution is 2.21. The molecule has 1 aromatic heterocycles. The van der Waals surface area contributed by atoms with Crippen molar-refractivity contribution >= 4 is 28.8 Å². The molecule has 1 aliphatic heterocycles. The fourth-order valence-corrected chi connectivity index (χ4v) is 3.22. The molecule has 2 heterocycles. The first kappa shape index (κ1) is 19.8. The molecule has 0 bridgehead atoms. The summed E-state index contributed by atoms with van der Waals surface area (Å²) in [5.74, 6) is -0.0205. The Kier molecular flexibility index (Phi) is 6.14. The van der Waals surface area contributed by atoms with Crippen molar-refractivity contribution in [2.45, 2.75) is 6.42 Å². The van der Waals surface area contributed by atoms with E-state index in [-0.39, 0.29) is 18.1 Å². The topological polar surface area (TPSA) is 79.4 Å². The standard InChI is InChI=1S/C22H22FN5O2/c23-20-4-2-1-3-16(20)13-22(29)26-18-7-5-17(6-8-18)25-21-14-19(15-24-27-21)28-9-11-30-12-10-28/h1-8,14-15H,9-13H2,(H,25,27)(H,26,29). The Labute approximate surface area is 173 Å². The fraction of sp³-hybridized carbons (Fsp3) is 0.227. The van der Waals surface area contributed by atoms with Crippen LogP contribution in [0.4, 0.5) is 27.3 Å². The zero-order valence-corrected chi connectivity index (χ0v) is 16.3. The number of aromatic nitrogens is 2. The second kappa shape index (κ2) is 9.32. The summed E-state index contributed by atoms with van der Waals surface area (Å²) in [7, 11) is 0. The van der Waals surface area contributed by atoms with Crippen LogP contribution < -0.4 is 15.5 Å². The summed E-state index contributed by atoms with van der Waals surface area (Å²) in [6.07, 6.45) is 1.72. The highest BCUT2D eigenvalue weighted by Gasteiger charge is 2.12. The summed E-state index contributed by atoms with van der Waals surface area (Å²) in [6.45, 7) is 3.06. The maximum atomic E-state index is 13.7.